The van der Waals surface area contributed by atoms with Gasteiger partial charge in [0.1, 0.15) is 5.75 Å². The summed E-state index contributed by atoms with van der Waals surface area (Å²) in [7, 11) is 0. The monoisotopic (exact) mass is 252 g/mol. The summed E-state index contributed by atoms with van der Waals surface area (Å²) < 4.78 is 0. The van der Waals surface area contributed by atoms with E-state index >= 15 is 0 Å². The molecule has 3 N–H and O–H groups in total. The maximum atomic E-state index is 9.33. The topological polar surface area (TPSA) is 44.3 Å². The molecular weight excluding hydrogens is 224 g/mol. The van der Waals surface area contributed by atoms with Crippen molar-refractivity contribution >= 4 is 0 Å². The van der Waals surface area contributed by atoms with Crippen LogP contribution in [0.1, 0.15) is 45.7 Å². The molecule has 0 saturated heterocycles. The fraction of sp³-hybridized carbons (Fsp3) is 0.600. The number of aromatic hydroxyl groups is 1. The van der Waals surface area contributed by atoms with Crippen LogP contribution in [0.25, 0.3) is 0 Å². The van der Waals surface area contributed by atoms with Gasteiger partial charge in [-0.25, -0.2) is 0 Å². The van der Waals surface area contributed by atoms with Crippen molar-refractivity contribution in [3.05, 3.63) is 29.8 Å². The van der Waals surface area contributed by atoms with E-state index < -0.39 is 0 Å². The smallest absolute Gasteiger partial charge is 0.115 e. The van der Waals surface area contributed by atoms with Crippen molar-refractivity contribution in [1.29, 1.82) is 0 Å². The van der Waals surface area contributed by atoms with Crippen LogP contribution in [0.15, 0.2) is 24.3 Å². The minimum atomic E-state index is 0.274. The summed E-state index contributed by atoms with van der Waals surface area (Å²) in [5, 5.41) is 16.0. The molecule has 0 aliphatic carbocycles. The summed E-state index contributed by atoms with van der Waals surface area (Å²) in [6.45, 7) is 11.4. The highest BCUT2D eigenvalue weighted by atomic mass is 16.3. The molecule has 0 unspecified atom stereocenters. The van der Waals surface area contributed by atoms with Gasteiger partial charge in [-0.05, 0) is 31.2 Å². The molecule has 1 atom stereocenters. The van der Waals surface area contributed by atoms with Crippen molar-refractivity contribution in [3.8, 4) is 5.75 Å². The van der Waals surface area contributed by atoms with Gasteiger partial charge in [-0.2, -0.15) is 0 Å². The lowest BCUT2D eigenvalue weighted by molar-refractivity contribution is 0.472. The quantitative estimate of drug-likeness (QED) is 0.682. The second-order valence-electron chi connectivity index (χ2n) is 4.33. The van der Waals surface area contributed by atoms with E-state index in [1.807, 2.05) is 12.1 Å². The zero-order chi connectivity index (χ0) is 13.8. The Balaban J connectivity index is 0.000000873. The van der Waals surface area contributed by atoms with Crippen LogP contribution >= 0.6 is 0 Å². The highest BCUT2D eigenvalue weighted by Crippen LogP contribution is 2.17. The maximum absolute atomic E-state index is 9.33. The molecule has 0 bridgehead atoms. The predicted molar refractivity (Wildman–Crippen MR) is 79.0 cm³/mol. The highest BCUT2D eigenvalue weighted by Gasteiger charge is 2.03. The number of benzene rings is 1. The summed E-state index contributed by atoms with van der Waals surface area (Å²) in [6.07, 6.45) is 1.25. The summed E-state index contributed by atoms with van der Waals surface area (Å²) in [5.41, 5.74) is 1.12. The number of rotatable bonds is 6. The highest BCUT2D eigenvalue weighted by molar-refractivity contribution is 5.28. The second-order valence-corrected chi connectivity index (χ2v) is 4.33. The van der Waals surface area contributed by atoms with E-state index in [0.29, 0.717) is 5.75 Å². The zero-order valence-electron chi connectivity index (χ0n) is 12.2. The van der Waals surface area contributed by atoms with Gasteiger partial charge >= 0.3 is 0 Å². The van der Waals surface area contributed by atoms with Gasteiger partial charge in [0.05, 0.1) is 0 Å². The van der Waals surface area contributed by atoms with Crippen LogP contribution in [0.5, 0.6) is 5.75 Å². The summed E-state index contributed by atoms with van der Waals surface area (Å²) in [5.74, 6) is 0.327. The zero-order valence-corrected chi connectivity index (χ0v) is 12.2. The third kappa shape index (κ3) is 8.09. The average Bonchev–Trinajstić information content (AvgIpc) is 2.35. The summed E-state index contributed by atoms with van der Waals surface area (Å²) in [6, 6.07) is 7.65. The lowest BCUT2D eigenvalue weighted by atomic mass is 10.1. The molecule has 0 saturated carbocycles. The van der Waals surface area contributed by atoms with Crippen molar-refractivity contribution in [1.82, 2.24) is 10.6 Å². The van der Waals surface area contributed by atoms with E-state index in [4.69, 9.17) is 0 Å². The molecule has 18 heavy (non-hydrogen) atoms. The first-order chi connectivity index (χ1) is 8.65. The minimum Gasteiger partial charge on any atom is -0.508 e. The van der Waals surface area contributed by atoms with Crippen LogP contribution in [0.2, 0.25) is 0 Å². The fourth-order valence-electron chi connectivity index (χ4n) is 1.47. The molecule has 0 fully saturated rings. The third-order valence-corrected chi connectivity index (χ3v) is 2.37. The molecule has 104 valence electrons. The molecule has 0 aliphatic heterocycles. The molecule has 0 aromatic heterocycles. The minimum absolute atomic E-state index is 0.274. The summed E-state index contributed by atoms with van der Waals surface area (Å²) in [4.78, 5) is 0. The van der Waals surface area contributed by atoms with Crippen LogP contribution < -0.4 is 10.6 Å². The van der Waals surface area contributed by atoms with Crippen LogP contribution in [0.3, 0.4) is 0 Å². The Labute approximate surface area is 112 Å². The molecule has 0 spiro atoms. The molecule has 0 aliphatic rings. The van der Waals surface area contributed by atoms with Crippen molar-refractivity contribution in [2.75, 3.05) is 19.6 Å². The fourth-order valence-corrected chi connectivity index (χ4v) is 1.47. The van der Waals surface area contributed by atoms with Gasteiger partial charge in [0.25, 0.3) is 0 Å². The molecule has 1 rings (SSSR count). The third-order valence-electron chi connectivity index (χ3n) is 2.37. The number of phenols is 1. The lowest BCUT2D eigenvalue weighted by Crippen LogP contribution is -2.28. The standard InChI is InChI=1S/C12H20N2O.C3H8/c1-3-13-7-8-14-10(2)11-5-4-6-12(15)9-11;1-3-2/h4-6,9-10,13-15H,3,7-8H2,1-2H3;3H2,1-2H3/t10-;/m0./s1. The number of phenolic OH excluding ortho intramolecular Hbond substituents is 1. The van der Waals surface area contributed by atoms with Gasteiger partial charge in [0, 0.05) is 19.1 Å². The Morgan fingerprint density at radius 3 is 2.39 bits per heavy atom. The van der Waals surface area contributed by atoms with Gasteiger partial charge in [-0.15, -0.1) is 0 Å². The van der Waals surface area contributed by atoms with E-state index in [-0.39, 0.29) is 6.04 Å². The first-order valence-corrected chi connectivity index (χ1v) is 6.88. The van der Waals surface area contributed by atoms with Crippen LogP contribution in [-0.4, -0.2) is 24.7 Å². The van der Waals surface area contributed by atoms with Gasteiger partial charge in [0.2, 0.25) is 0 Å². The average molecular weight is 252 g/mol. The molecule has 0 heterocycles. The van der Waals surface area contributed by atoms with E-state index in [1.165, 1.54) is 6.42 Å². The lowest BCUT2D eigenvalue weighted by Gasteiger charge is -2.14. The molecule has 1 aromatic carbocycles. The SMILES string of the molecule is CCC.CCNCCN[C@@H](C)c1cccc(O)c1. The van der Waals surface area contributed by atoms with Crippen LogP contribution in [0, 0.1) is 0 Å². The van der Waals surface area contributed by atoms with Crippen molar-refractivity contribution < 1.29 is 5.11 Å². The van der Waals surface area contributed by atoms with Crippen LogP contribution in [-0.2, 0) is 0 Å². The Morgan fingerprint density at radius 1 is 1.17 bits per heavy atom. The van der Waals surface area contributed by atoms with Crippen LogP contribution in [0.4, 0.5) is 0 Å². The first kappa shape index (κ1) is 16.9. The number of nitrogens with one attached hydrogen (secondary N) is 2. The Morgan fingerprint density at radius 2 is 1.83 bits per heavy atom. The number of hydrogen-bond acceptors (Lipinski definition) is 3. The van der Waals surface area contributed by atoms with Gasteiger partial charge in [0.15, 0.2) is 0 Å². The summed E-state index contributed by atoms with van der Waals surface area (Å²) >= 11 is 0. The normalized spacial score (nSPS) is 11.6. The largest absolute Gasteiger partial charge is 0.508 e. The molecule has 3 nitrogen and oxygen atoms in total. The van der Waals surface area contributed by atoms with Crippen molar-refractivity contribution in [2.45, 2.75) is 40.2 Å². The molecule has 0 amide bonds. The van der Waals surface area contributed by atoms with Crippen molar-refractivity contribution in [3.63, 3.8) is 0 Å². The number of likely N-dealkylation sites (N-methyl/N-ethyl adjacent to an activating group) is 1. The van der Waals surface area contributed by atoms with E-state index in [9.17, 15) is 5.11 Å². The Kier molecular flexibility index (Phi) is 10.4. The van der Waals surface area contributed by atoms with Gasteiger partial charge < -0.3 is 15.7 Å². The molecule has 1 aromatic rings. The van der Waals surface area contributed by atoms with E-state index in [1.54, 1.807) is 12.1 Å². The second kappa shape index (κ2) is 11.1. The van der Waals surface area contributed by atoms with Gasteiger partial charge in [-0.1, -0.05) is 39.3 Å². The van der Waals surface area contributed by atoms with E-state index in [2.05, 4.69) is 38.3 Å². The first-order valence-electron chi connectivity index (χ1n) is 6.88. The molecular formula is C15H28N2O. The Bertz CT molecular complexity index is 302. The predicted octanol–water partition coefficient (Wildman–Crippen LogP) is 3.07. The van der Waals surface area contributed by atoms with Gasteiger partial charge in [-0.3, -0.25) is 0 Å². The maximum Gasteiger partial charge on any atom is 0.115 e. The van der Waals surface area contributed by atoms with E-state index in [0.717, 1.165) is 25.2 Å². The Hall–Kier alpha value is -1.06. The molecule has 0 radical (unpaired) electrons. The molecule has 3 heteroatoms. The number of hydrogen-bond donors (Lipinski definition) is 3. The van der Waals surface area contributed by atoms with Crippen molar-refractivity contribution in [2.24, 2.45) is 0 Å².